The molecule has 0 aromatic heterocycles. The van der Waals surface area contributed by atoms with Crippen LogP contribution in [0.1, 0.15) is 29.7 Å². The van der Waals surface area contributed by atoms with Gasteiger partial charge in [0.15, 0.2) is 0 Å². The van der Waals surface area contributed by atoms with E-state index in [1.807, 2.05) is 20.0 Å². The molecular weight excluding hydrogens is 394 g/mol. The molecule has 0 radical (unpaired) electrons. The third-order valence-electron chi connectivity index (χ3n) is 3.28. The van der Waals surface area contributed by atoms with Crippen molar-refractivity contribution in [2.24, 2.45) is 0 Å². The van der Waals surface area contributed by atoms with E-state index in [-0.39, 0.29) is 6.04 Å². The molecule has 1 atom stereocenters. The van der Waals surface area contributed by atoms with Crippen molar-refractivity contribution >= 4 is 31.9 Å². The molecule has 2 rings (SSSR count). The van der Waals surface area contributed by atoms with Crippen LogP contribution in [0.25, 0.3) is 0 Å². The third-order valence-corrected chi connectivity index (χ3v) is 4.35. The Bertz CT molecular complexity index is 608. The smallest absolute Gasteiger partial charge is 0.133 e. The normalized spacial score (nSPS) is 12.2. The summed E-state index contributed by atoms with van der Waals surface area (Å²) in [6.07, 6.45) is 0. The van der Waals surface area contributed by atoms with Gasteiger partial charge in [-0.25, -0.2) is 0 Å². The maximum Gasteiger partial charge on any atom is 0.133 e. The number of halogens is 2. The lowest BCUT2D eigenvalue weighted by molar-refractivity contribution is 0.338. The quantitative estimate of drug-likeness (QED) is 0.725. The van der Waals surface area contributed by atoms with Gasteiger partial charge in [0, 0.05) is 4.47 Å². The summed E-state index contributed by atoms with van der Waals surface area (Å²) >= 11 is 7.16. The van der Waals surface area contributed by atoms with Crippen molar-refractivity contribution in [1.82, 2.24) is 5.32 Å². The predicted molar refractivity (Wildman–Crippen MR) is 95.1 cm³/mol. The minimum atomic E-state index is 0.146. The van der Waals surface area contributed by atoms with Crippen molar-refractivity contribution in [3.8, 4) is 5.75 Å². The second kappa shape index (κ2) is 7.43. The van der Waals surface area contributed by atoms with Crippen LogP contribution in [0.3, 0.4) is 0 Å². The fourth-order valence-corrected chi connectivity index (χ4v) is 3.56. The van der Waals surface area contributed by atoms with Crippen LogP contribution in [0.2, 0.25) is 0 Å². The largest absolute Gasteiger partial charge is 0.493 e. The summed E-state index contributed by atoms with van der Waals surface area (Å²) in [6.45, 7) is 4.76. The fraction of sp³-hybridized carbons (Fsp3) is 0.294. The molecule has 0 aliphatic carbocycles. The van der Waals surface area contributed by atoms with Crippen LogP contribution in [-0.4, -0.2) is 13.7 Å². The molecule has 21 heavy (non-hydrogen) atoms. The Morgan fingerprint density at radius 3 is 2.43 bits per heavy atom. The molecule has 2 nitrogen and oxygen atoms in total. The highest BCUT2D eigenvalue weighted by molar-refractivity contribution is 9.10. The van der Waals surface area contributed by atoms with Gasteiger partial charge in [0.2, 0.25) is 0 Å². The topological polar surface area (TPSA) is 21.3 Å². The van der Waals surface area contributed by atoms with Crippen molar-refractivity contribution in [2.75, 3.05) is 13.7 Å². The first-order chi connectivity index (χ1) is 10.0. The van der Waals surface area contributed by atoms with E-state index in [9.17, 15) is 0 Å². The maximum absolute atomic E-state index is 5.57. The van der Waals surface area contributed by atoms with E-state index in [1.165, 1.54) is 16.7 Å². The monoisotopic (exact) mass is 411 g/mol. The number of hydrogen-bond donors (Lipinski definition) is 1. The summed E-state index contributed by atoms with van der Waals surface area (Å²) in [5.74, 6) is 0.876. The van der Waals surface area contributed by atoms with E-state index in [4.69, 9.17) is 4.74 Å². The Kier molecular flexibility index (Phi) is 5.85. The Balaban J connectivity index is 2.39. The van der Waals surface area contributed by atoms with Crippen LogP contribution in [0.15, 0.2) is 45.3 Å². The number of rotatable bonds is 5. The van der Waals surface area contributed by atoms with Crippen LogP contribution < -0.4 is 10.1 Å². The number of hydrogen-bond acceptors (Lipinski definition) is 2. The molecule has 0 heterocycles. The highest BCUT2D eigenvalue weighted by Gasteiger charge is 2.14. The molecule has 1 unspecified atom stereocenters. The van der Waals surface area contributed by atoms with Crippen molar-refractivity contribution in [3.05, 3.63) is 62.0 Å². The van der Waals surface area contributed by atoms with Crippen LogP contribution in [-0.2, 0) is 0 Å². The summed E-state index contributed by atoms with van der Waals surface area (Å²) in [5.41, 5.74) is 3.68. The summed E-state index contributed by atoms with van der Waals surface area (Å²) in [5, 5.41) is 3.39. The Hall–Kier alpha value is -0.840. The van der Waals surface area contributed by atoms with Gasteiger partial charge in [0.25, 0.3) is 0 Å². The van der Waals surface area contributed by atoms with Crippen LogP contribution in [0.5, 0.6) is 5.75 Å². The molecular formula is C17H19Br2NO. The van der Waals surface area contributed by atoms with Crippen molar-refractivity contribution in [3.63, 3.8) is 0 Å². The predicted octanol–water partition coefficient (Wildman–Crippen LogP) is 5.23. The molecule has 2 aromatic rings. The fourth-order valence-electron chi connectivity index (χ4n) is 2.43. The number of ether oxygens (including phenoxy) is 1. The average molecular weight is 413 g/mol. The van der Waals surface area contributed by atoms with Gasteiger partial charge in [-0.1, -0.05) is 28.1 Å². The van der Waals surface area contributed by atoms with Gasteiger partial charge in [-0.05, 0) is 77.8 Å². The molecule has 0 saturated carbocycles. The SMILES string of the molecule is CCOc1ccc(C(NC)c2cc(C)cc(Br)c2)cc1Br. The molecule has 0 spiro atoms. The lowest BCUT2D eigenvalue weighted by Crippen LogP contribution is -2.17. The molecule has 0 fully saturated rings. The number of benzene rings is 2. The Morgan fingerprint density at radius 2 is 1.86 bits per heavy atom. The zero-order valence-electron chi connectivity index (χ0n) is 12.4. The molecule has 0 aliphatic rings. The minimum absolute atomic E-state index is 0.146. The Labute approximate surface area is 143 Å². The second-order valence-corrected chi connectivity index (χ2v) is 6.68. The van der Waals surface area contributed by atoms with E-state index in [1.54, 1.807) is 0 Å². The number of aryl methyl sites for hydroxylation is 1. The lowest BCUT2D eigenvalue weighted by Gasteiger charge is -2.19. The zero-order chi connectivity index (χ0) is 15.4. The molecule has 0 aliphatic heterocycles. The second-order valence-electron chi connectivity index (χ2n) is 4.91. The summed E-state index contributed by atoms with van der Waals surface area (Å²) < 4.78 is 7.65. The van der Waals surface area contributed by atoms with Crippen molar-refractivity contribution < 1.29 is 4.74 Å². The first-order valence-electron chi connectivity index (χ1n) is 6.91. The first kappa shape index (κ1) is 16.5. The van der Waals surface area contributed by atoms with E-state index in [2.05, 4.69) is 74.4 Å². The van der Waals surface area contributed by atoms with Gasteiger partial charge >= 0.3 is 0 Å². The van der Waals surface area contributed by atoms with Crippen LogP contribution >= 0.6 is 31.9 Å². The summed E-state index contributed by atoms with van der Waals surface area (Å²) in [7, 11) is 1.98. The first-order valence-corrected chi connectivity index (χ1v) is 8.50. The minimum Gasteiger partial charge on any atom is -0.493 e. The molecule has 112 valence electrons. The van der Waals surface area contributed by atoms with Gasteiger partial charge in [-0.3, -0.25) is 0 Å². The lowest BCUT2D eigenvalue weighted by atomic mass is 9.97. The molecule has 0 saturated heterocycles. The van der Waals surface area contributed by atoms with Crippen molar-refractivity contribution in [2.45, 2.75) is 19.9 Å². The van der Waals surface area contributed by atoms with Gasteiger partial charge in [0.05, 0.1) is 17.1 Å². The van der Waals surface area contributed by atoms with Crippen molar-refractivity contribution in [1.29, 1.82) is 0 Å². The zero-order valence-corrected chi connectivity index (χ0v) is 15.6. The standard InChI is InChI=1S/C17H19Br2NO/c1-4-21-16-6-5-12(10-15(16)19)17(20-3)13-7-11(2)8-14(18)9-13/h5-10,17,20H,4H2,1-3H3. The van der Waals surface area contributed by atoms with E-state index < -0.39 is 0 Å². The highest BCUT2D eigenvalue weighted by atomic mass is 79.9. The van der Waals surface area contributed by atoms with E-state index >= 15 is 0 Å². The van der Waals surface area contributed by atoms with Crippen LogP contribution in [0, 0.1) is 6.92 Å². The van der Waals surface area contributed by atoms with Gasteiger partial charge in [-0.15, -0.1) is 0 Å². The molecule has 1 N–H and O–H groups in total. The highest BCUT2D eigenvalue weighted by Crippen LogP contribution is 2.32. The van der Waals surface area contributed by atoms with Gasteiger partial charge in [0.1, 0.15) is 5.75 Å². The third kappa shape index (κ3) is 4.09. The van der Waals surface area contributed by atoms with E-state index in [0.29, 0.717) is 6.61 Å². The average Bonchev–Trinajstić information content (AvgIpc) is 2.41. The molecule has 0 amide bonds. The van der Waals surface area contributed by atoms with Crippen LogP contribution in [0.4, 0.5) is 0 Å². The maximum atomic E-state index is 5.57. The Morgan fingerprint density at radius 1 is 1.10 bits per heavy atom. The van der Waals surface area contributed by atoms with Gasteiger partial charge < -0.3 is 10.1 Å². The summed E-state index contributed by atoms with van der Waals surface area (Å²) in [6, 6.07) is 12.8. The number of nitrogens with one attached hydrogen (secondary N) is 1. The molecule has 0 bridgehead atoms. The summed E-state index contributed by atoms with van der Waals surface area (Å²) in [4.78, 5) is 0. The van der Waals surface area contributed by atoms with Gasteiger partial charge in [-0.2, -0.15) is 0 Å². The van der Waals surface area contributed by atoms with E-state index in [0.717, 1.165) is 14.7 Å². The molecule has 2 aromatic carbocycles. The molecule has 4 heteroatoms.